The van der Waals surface area contributed by atoms with Crippen LogP contribution in [0.5, 0.6) is 5.75 Å². The predicted molar refractivity (Wildman–Crippen MR) is 83.6 cm³/mol. The van der Waals surface area contributed by atoms with Gasteiger partial charge in [0.25, 0.3) is 0 Å². The molecule has 20 heavy (non-hydrogen) atoms. The Bertz CT molecular complexity index is 578. The zero-order valence-corrected chi connectivity index (χ0v) is 12.6. The quantitative estimate of drug-likeness (QED) is 0.644. The van der Waals surface area contributed by atoms with Crippen molar-refractivity contribution in [3.63, 3.8) is 0 Å². The Balaban J connectivity index is 2.19. The van der Waals surface area contributed by atoms with Crippen molar-refractivity contribution in [2.45, 2.75) is 32.8 Å². The summed E-state index contributed by atoms with van der Waals surface area (Å²) in [6.07, 6.45) is 1.10. The summed E-state index contributed by atoms with van der Waals surface area (Å²) < 4.78 is 5.86. The van der Waals surface area contributed by atoms with E-state index < -0.39 is 6.10 Å². The van der Waals surface area contributed by atoms with Crippen LogP contribution in [0.15, 0.2) is 35.7 Å². The molecule has 1 unspecified atom stereocenters. The number of nitrogen functional groups attached to an aromatic ring is 1. The number of ketones is 1. The van der Waals surface area contributed by atoms with E-state index in [1.165, 1.54) is 11.3 Å². The zero-order valence-electron chi connectivity index (χ0n) is 11.8. The van der Waals surface area contributed by atoms with Crippen LogP contribution >= 0.6 is 11.3 Å². The van der Waals surface area contributed by atoms with Gasteiger partial charge >= 0.3 is 0 Å². The molecule has 1 atom stereocenters. The van der Waals surface area contributed by atoms with Crippen molar-refractivity contribution in [3.05, 3.63) is 46.2 Å². The molecule has 1 aromatic carbocycles. The van der Waals surface area contributed by atoms with Gasteiger partial charge < -0.3 is 10.5 Å². The molecule has 0 saturated carbocycles. The number of nitrogens with two attached hydrogens (primary N) is 1. The van der Waals surface area contributed by atoms with Crippen molar-refractivity contribution in [2.24, 2.45) is 0 Å². The molecule has 106 valence electrons. The summed E-state index contributed by atoms with van der Waals surface area (Å²) in [6.45, 7) is 4.01. The van der Waals surface area contributed by atoms with E-state index in [1.54, 1.807) is 0 Å². The van der Waals surface area contributed by atoms with Gasteiger partial charge in [-0.1, -0.05) is 25.5 Å². The normalized spacial score (nSPS) is 12.1. The molecular formula is C16H19NO2S. The molecule has 0 amide bonds. The number of carbonyl (C=O) groups excluding carboxylic acids is 1. The van der Waals surface area contributed by atoms with Gasteiger partial charge in [0.2, 0.25) is 5.78 Å². The summed E-state index contributed by atoms with van der Waals surface area (Å²) in [5, 5.41) is 1.90. The van der Waals surface area contributed by atoms with Crippen molar-refractivity contribution in [1.29, 1.82) is 0 Å². The number of Topliss-reactive ketones (excluding diaryl/α,β-unsaturated/α-hetero) is 1. The van der Waals surface area contributed by atoms with Gasteiger partial charge in [0.1, 0.15) is 5.75 Å². The Hall–Kier alpha value is -1.81. The first-order valence-electron chi connectivity index (χ1n) is 6.72. The fraction of sp³-hybridized carbons (Fsp3) is 0.312. The predicted octanol–water partition coefficient (Wildman–Crippen LogP) is 4.07. The molecule has 2 rings (SSSR count). The van der Waals surface area contributed by atoms with E-state index >= 15 is 0 Å². The maximum atomic E-state index is 12.4. The summed E-state index contributed by atoms with van der Waals surface area (Å²) in [5.74, 6) is 0.612. The third-order valence-corrected chi connectivity index (χ3v) is 3.93. The van der Waals surface area contributed by atoms with Gasteiger partial charge in [-0.15, -0.1) is 11.3 Å². The standard InChI is InChI=1S/C16H19NO2S/c1-3-5-14(16(18)15-6-4-9-20-15)19-13-8-7-11(2)10-12(13)17/h4,6-10,14H,3,5,17H2,1-2H3. The van der Waals surface area contributed by atoms with Crippen LogP contribution in [0.1, 0.15) is 35.0 Å². The number of hydrogen-bond acceptors (Lipinski definition) is 4. The van der Waals surface area contributed by atoms with Crippen LogP contribution in [0, 0.1) is 6.92 Å². The molecule has 2 aromatic rings. The topological polar surface area (TPSA) is 52.3 Å². The van der Waals surface area contributed by atoms with Gasteiger partial charge in [-0.3, -0.25) is 4.79 Å². The van der Waals surface area contributed by atoms with E-state index in [-0.39, 0.29) is 5.78 Å². The van der Waals surface area contributed by atoms with Crippen molar-refractivity contribution >= 4 is 22.8 Å². The Kier molecular flexibility index (Phi) is 4.79. The Morgan fingerprint density at radius 1 is 1.40 bits per heavy atom. The molecule has 1 heterocycles. The van der Waals surface area contributed by atoms with E-state index in [1.807, 2.05) is 49.6 Å². The summed E-state index contributed by atoms with van der Waals surface area (Å²) in [6, 6.07) is 9.33. The molecular weight excluding hydrogens is 270 g/mol. The fourth-order valence-electron chi connectivity index (χ4n) is 2.01. The van der Waals surface area contributed by atoms with Gasteiger partial charge in [-0.25, -0.2) is 0 Å². The van der Waals surface area contributed by atoms with E-state index in [2.05, 4.69) is 0 Å². The second kappa shape index (κ2) is 6.57. The first kappa shape index (κ1) is 14.6. The van der Waals surface area contributed by atoms with E-state index in [0.29, 0.717) is 17.9 Å². The van der Waals surface area contributed by atoms with Crippen LogP contribution in [-0.4, -0.2) is 11.9 Å². The van der Waals surface area contributed by atoms with Gasteiger partial charge in [0, 0.05) is 0 Å². The summed E-state index contributed by atoms with van der Waals surface area (Å²) >= 11 is 1.44. The van der Waals surface area contributed by atoms with E-state index in [4.69, 9.17) is 10.5 Å². The van der Waals surface area contributed by atoms with Gasteiger partial charge in [0.15, 0.2) is 6.10 Å². The SMILES string of the molecule is CCCC(Oc1ccc(C)cc1N)C(=O)c1cccs1. The molecule has 0 aliphatic carbocycles. The molecule has 0 aliphatic heterocycles. The smallest absolute Gasteiger partial charge is 0.213 e. The van der Waals surface area contributed by atoms with Crippen molar-refractivity contribution in [3.8, 4) is 5.75 Å². The molecule has 0 spiro atoms. The summed E-state index contributed by atoms with van der Waals surface area (Å²) in [5.41, 5.74) is 7.60. The van der Waals surface area contributed by atoms with Crippen LogP contribution < -0.4 is 10.5 Å². The van der Waals surface area contributed by atoms with Crippen LogP contribution in [0.4, 0.5) is 5.69 Å². The third-order valence-electron chi connectivity index (χ3n) is 3.04. The van der Waals surface area contributed by atoms with Crippen LogP contribution in [0.3, 0.4) is 0 Å². The average molecular weight is 289 g/mol. The molecule has 0 bridgehead atoms. The number of rotatable bonds is 6. The largest absolute Gasteiger partial charge is 0.480 e. The Morgan fingerprint density at radius 2 is 2.20 bits per heavy atom. The zero-order chi connectivity index (χ0) is 14.5. The third kappa shape index (κ3) is 3.39. The monoisotopic (exact) mass is 289 g/mol. The lowest BCUT2D eigenvalue weighted by Gasteiger charge is -2.18. The maximum absolute atomic E-state index is 12.4. The van der Waals surface area contributed by atoms with Gasteiger partial charge in [-0.2, -0.15) is 0 Å². The number of ether oxygens (including phenoxy) is 1. The molecule has 4 heteroatoms. The molecule has 0 saturated heterocycles. The highest BCUT2D eigenvalue weighted by atomic mass is 32.1. The van der Waals surface area contributed by atoms with Crippen molar-refractivity contribution in [1.82, 2.24) is 0 Å². The number of benzene rings is 1. The Labute approximate surface area is 123 Å². The van der Waals surface area contributed by atoms with Gasteiger partial charge in [0.05, 0.1) is 10.6 Å². The van der Waals surface area contributed by atoms with Crippen molar-refractivity contribution in [2.75, 3.05) is 5.73 Å². The van der Waals surface area contributed by atoms with Crippen molar-refractivity contribution < 1.29 is 9.53 Å². The average Bonchev–Trinajstić information content (AvgIpc) is 2.94. The minimum Gasteiger partial charge on any atom is -0.480 e. The highest BCUT2D eigenvalue weighted by molar-refractivity contribution is 7.12. The first-order chi connectivity index (χ1) is 9.61. The lowest BCUT2D eigenvalue weighted by molar-refractivity contribution is 0.0783. The first-order valence-corrected chi connectivity index (χ1v) is 7.60. The number of aryl methyl sites for hydroxylation is 1. The molecule has 0 aliphatic rings. The molecule has 3 nitrogen and oxygen atoms in total. The highest BCUT2D eigenvalue weighted by Crippen LogP contribution is 2.26. The fourth-order valence-corrected chi connectivity index (χ4v) is 2.72. The van der Waals surface area contributed by atoms with E-state index in [9.17, 15) is 4.79 Å². The lowest BCUT2D eigenvalue weighted by Crippen LogP contribution is -2.27. The minimum atomic E-state index is -0.469. The molecule has 0 fully saturated rings. The second-order valence-corrected chi connectivity index (χ2v) is 5.73. The lowest BCUT2D eigenvalue weighted by atomic mass is 10.1. The van der Waals surface area contributed by atoms with Crippen LogP contribution in [0.2, 0.25) is 0 Å². The Morgan fingerprint density at radius 3 is 2.80 bits per heavy atom. The number of thiophene rings is 1. The number of anilines is 1. The second-order valence-electron chi connectivity index (χ2n) is 4.78. The van der Waals surface area contributed by atoms with Crippen LogP contribution in [0.25, 0.3) is 0 Å². The summed E-state index contributed by atoms with van der Waals surface area (Å²) in [7, 11) is 0. The van der Waals surface area contributed by atoms with Gasteiger partial charge in [-0.05, 0) is 42.5 Å². The molecule has 0 radical (unpaired) electrons. The number of carbonyl (C=O) groups is 1. The van der Waals surface area contributed by atoms with Crippen LogP contribution in [-0.2, 0) is 0 Å². The van der Waals surface area contributed by atoms with E-state index in [0.717, 1.165) is 16.9 Å². The maximum Gasteiger partial charge on any atom is 0.213 e. The molecule has 2 N–H and O–H groups in total. The minimum absolute atomic E-state index is 0.0295. The number of hydrogen-bond donors (Lipinski definition) is 1. The highest BCUT2D eigenvalue weighted by Gasteiger charge is 2.22. The summed E-state index contributed by atoms with van der Waals surface area (Å²) in [4.78, 5) is 13.2. The molecule has 1 aromatic heterocycles.